The van der Waals surface area contributed by atoms with Gasteiger partial charge in [-0.05, 0) is 24.0 Å². The van der Waals surface area contributed by atoms with E-state index in [0.717, 1.165) is 53.1 Å². The molecule has 0 bridgehead atoms. The average molecular weight is 414 g/mol. The highest BCUT2D eigenvalue weighted by atomic mass is 32.2. The SMILES string of the molecule is COc1cc2ncnc(N3CC(CCNS(N)(=O)=O)C3)c2cc1-c1ccccc1. The number of methoxy groups -OCH3 is 1. The molecule has 1 aliphatic heterocycles. The van der Waals surface area contributed by atoms with Crippen LogP contribution in [-0.4, -0.2) is 45.1 Å². The molecule has 3 aromatic rings. The second-order valence-corrected chi connectivity index (χ2v) is 8.51. The number of benzene rings is 2. The van der Waals surface area contributed by atoms with Crippen LogP contribution in [0.15, 0.2) is 48.8 Å². The van der Waals surface area contributed by atoms with Gasteiger partial charge in [-0.1, -0.05) is 30.3 Å². The number of nitrogens with one attached hydrogen (secondary N) is 1. The van der Waals surface area contributed by atoms with E-state index in [9.17, 15) is 8.42 Å². The van der Waals surface area contributed by atoms with Gasteiger partial charge in [0, 0.05) is 36.7 Å². The van der Waals surface area contributed by atoms with Gasteiger partial charge in [0.25, 0.3) is 10.2 Å². The standard InChI is InChI=1S/C20H23N5O3S/c1-28-19-10-18-17(9-16(19)15-5-3-2-4-6-15)20(23-13-22-18)25-11-14(12-25)7-8-24-29(21,26)27/h2-6,9-10,13-14,24H,7-8,11-12H2,1H3,(H2,21,26,27). The smallest absolute Gasteiger partial charge is 0.274 e. The molecule has 152 valence electrons. The molecule has 1 aliphatic rings. The van der Waals surface area contributed by atoms with Gasteiger partial charge in [-0.15, -0.1) is 0 Å². The fourth-order valence-electron chi connectivity index (χ4n) is 3.67. The molecule has 1 aromatic heterocycles. The van der Waals surface area contributed by atoms with E-state index in [-0.39, 0.29) is 0 Å². The Morgan fingerprint density at radius 1 is 1.21 bits per heavy atom. The molecule has 0 spiro atoms. The summed E-state index contributed by atoms with van der Waals surface area (Å²) in [6, 6.07) is 14.1. The first kappa shape index (κ1) is 19.6. The van der Waals surface area contributed by atoms with Crippen LogP contribution in [0.4, 0.5) is 5.82 Å². The molecule has 3 N–H and O–H groups in total. The molecule has 9 heteroatoms. The van der Waals surface area contributed by atoms with Crippen molar-refractivity contribution >= 4 is 26.9 Å². The Kier molecular flexibility index (Phi) is 5.35. The Morgan fingerprint density at radius 3 is 2.66 bits per heavy atom. The van der Waals surface area contributed by atoms with Gasteiger partial charge in [0.05, 0.1) is 12.6 Å². The van der Waals surface area contributed by atoms with Crippen LogP contribution in [-0.2, 0) is 10.2 Å². The van der Waals surface area contributed by atoms with Gasteiger partial charge in [0.15, 0.2) is 0 Å². The van der Waals surface area contributed by atoms with Crippen molar-refractivity contribution < 1.29 is 13.2 Å². The number of ether oxygens (including phenoxy) is 1. The second kappa shape index (κ2) is 7.94. The number of fused-ring (bicyclic) bond motifs is 1. The molecule has 0 atom stereocenters. The largest absolute Gasteiger partial charge is 0.496 e. The van der Waals surface area contributed by atoms with E-state index in [1.807, 2.05) is 36.4 Å². The second-order valence-electron chi connectivity index (χ2n) is 7.13. The van der Waals surface area contributed by atoms with Crippen LogP contribution in [0.3, 0.4) is 0 Å². The zero-order valence-corrected chi connectivity index (χ0v) is 16.9. The van der Waals surface area contributed by atoms with Crippen LogP contribution in [0.25, 0.3) is 22.0 Å². The summed E-state index contributed by atoms with van der Waals surface area (Å²) in [5, 5.41) is 5.94. The normalized spacial score (nSPS) is 14.8. The van der Waals surface area contributed by atoms with Crippen LogP contribution < -0.4 is 19.5 Å². The zero-order chi connectivity index (χ0) is 20.4. The number of hydrogen-bond acceptors (Lipinski definition) is 6. The Morgan fingerprint density at radius 2 is 1.97 bits per heavy atom. The monoisotopic (exact) mass is 413 g/mol. The van der Waals surface area contributed by atoms with Crippen LogP contribution in [0.5, 0.6) is 5.75 Å². The third-order valence-corrected chi connectivity index (χ3v) is 5.74. The summed E-state index contributed by atoms with van der Waals surface area (Å²) < 4.78 is 29.9. The zero-order valence-electron chi connectivity index (χ0n) is 16.1. The molecular weight excluding hydrogens is 390 g/mol. The van der Waals surface area contributed by atoms with Gasteiger partial charge < -0.3 is 9.64 Å². The van der Waals surface area contributed by atoms with E-state index >= 15 is 0 Å². The maximum atomic E-state index is 11.0. The lowest BCUT2D eigenvalue weighted by molar-refractivity contribution is 0.382. The van der Waals surface area contributed by atoms with E-state index < -0.39 is 10.2 Å². The van der Waals surface area contributed by atoms with Gasteiger partial charge in [0.1, 0.15) is 17.9 Å². The Balaban J connectivity index is 1.58. The quantitative estimate of drug-likeness (QED) is 0.612. The molecule has 29 heavy (non-hydrogen) atoms. The fourth-order valence-corrected chi connectivity index (χ4v) is 4.07. The molecule has 8 nitrogen and oxygen atoms in total. The predicted octanol–water partition coefficient (Wildman–Crippen LogP) is 1.92. The van der Waals surface area contributed by atoms with E-state index in [1.54, 1.807) is 13.4 Å². The van der Waals surface area contributed by atoms with Crippen molar-refractivity contribution in [3.8, 4) is 16.9 Å². The Hall–Kier alpha value is -2.75. The lowest BCUT2D eigenvalue weighted by Crippen LogP contribution is -2.48. The van der Waals surface area contributed by atoms with E-state index in [0.29, 0.717) is 12.5 Å². The van der Waals surface area contributed by atoms with Crippen LogP contribution >= 0.6 is 0 Å². The first-order valence-electron chi connectivity index (χ1n) is 9.35. The van der Waals surface area contributed by atoms with Gasteiger partial charge in [0.2, 0.25) is 0 Å². The highest BCUT2D eigenvalue weighted by Gasteiger charge is 2.29. The molecule has 1 fully saturated rings. The summed E-state index contributed by atoms with van der Waals surface area (Å²) in [6.45, 7) is 1.97. The van der Waals surface area contributed by atoms with Crippen molar-refractivity contribution in [2.24, 2.45) is 11.1 Å². The Bertz CT molecular complexity index is 1120. The molecule has 0 radical (unpaired) electrons. The molecule has 2 aromatic carbocycles. The third kappa shape index (κ3) is 4.31. The van der Waals surface area contributed by atoms with Crippen molar-refractivity contribution in [2.45, 2.75) is 6.42 Å². The topological polar surface area (TPSA) is 110 Å². The molecule has 4 rings (SSSR count). The Labute approximate surface area is 169 Å². The van der Waals surface area contributed by atoms with E-state index in [1.165, 1.54) is 0 Å². The summed E-state index contributed by atoms with van der Waals surface area (Å²) in [4.78, 5) is 11.1. The lowest BCUT2D eigenvalue weighted by atomic mass is 9.95. The van der Waals surface area contributed by atoms with Crippen LogP contribution in [0, 0.1) is 5.92 Å². The van der Waals surface area contributed by atoms with E-state index in [2.05, 4.69) is 25.7 Å². The number of hydrogen-bond donors (Lipinski definition) is 2. The lowest BCUT2D eigenvalue weighted by Gasteiger charge is -2.40. The van der Waals surface area contributed by atoms with Gasteiger partial charge in [-0.3, -0.25) is 0 Å². The molecule has 2 heterocycles. The summed E-state index contributed by atoms with van der Waals surface area (Å²) in [5.74, 6) is 2.04. The molecule has 0 aliphatic carbocycles. The first-order chi connectivity index (χ1) is 13.9. The number of aromatic nitrogens is 2. The van der Waals surface area contributed by atoms with Gasteiger partial charge in [-0.25, -0.2) is 19.8 Å². The van der Waals surface area contributed by atoms with Crippen molar-refractivity contribution in [3.05, 3.63) is 48.8 Å². The molecule has 0 saturated carbocycles. The molecule has 0 unspecified atom stereocenters. The van der Waals surface area contributed by atoms with Crippen LogP contribution in [0.1, 0.15) is 6.42 Å². The number of rotatable bonds is 7. The minimum absolute atomic E-state index is 0.344. The van der Waals surface area contributed by atoms with E-state index in [4.69, 9.17) is 9.88 Å². The van der Waals surface area contributed by atoms with Crippen molar-refractivity contribution in [3.63, 3.8) is 0 Å². The minimum atomic E-state index is -3.63. The average Bonchev–Trinajstić information content (AvgIpc) is 2.68. The number of anilines is 1. The predicted molar refractivity (Wildman–Crippen MR) is 113 cm³/mol. The van der Waals surface area contributed by atoms with Gasteiger partial charge in [-0.2, -0.15) is 8.42 Å². The fraction of sp³-hybridized carbons (Fsp3) is 0.300. The highest BCUT2D eigenvalue weighted by molar-refractivity contribution is 7.87. The summed E-state index contributed by atoms with van der Waals surface area (Å²) in [6.07, 6.45) is 2.30. The van der Waals surface area contributed by atoms with Crippen molar-refractivity contribution in [1.29, 1.82) is 0 Å². The third-order valence-electron chi connectivity index (χ3n) is 5.13. The number of nitrogens with two attached hydrogens (primary N) is 1. The van der Waals surface area contributed by atoms with Crippen molar-refractivity contribution in [1.82, 2.24) is 14.7 Å². The molecule has 1 saturated heterocycles. The minimum Gasteiger partial charge on any atom is -0.496 e. The first-order valence-corrected chi connectivity index (χ1v) is 10.9. The van der Waals surface area contributed by atoms with Gasteiger partial charge >= 0.3 is 0 Å². The molecular formula is C20H23N5O3S. The molecule has 0 amide bonds. The maximum Gasteiger partial charge on any atom is 0.274 e. The number of nitrogens with zero attached hydrogens (tertiary/aromatic N) is 3. The summed E-state index contributed by atoms with van der Waals surface area (Å²) >= 11 is 0. The summed E-state index contributed by atoms with van der Waals surface area (Å²) in [5.41, 5.74) is 2.88. The van der Waals surface area contributed by atoms with Crippen LogP contribution in [0.2, 0.25) is 0 Å². The maximum absolute atomic E-state index is 11.0. The summed E-state index contributed by atoms with van der Waals surface area (Å²) in [7, 11) is -1.97. The van der Waals surface area contributed by atoms with Crippen molar-refractivity contribution in [2.75, 3.05) is 31.6 Å². The highest BCUT2D eigenvalue weighted by Crippen LogP contribution is 2.37.